The van der Waals surface area contributed by atoms with E-state index in [4.69, 9.17) is 20.0 Å². The highest BCUT2D eigenvalue weighted by Crippen LogP contribution is 2.01. The van der Waals surface area contributed by atoms with Crippen LogP contribution < -0.4 is 10.6 Å². The summed E-state index contributed by atoms with van der Waals surface area (Å²) in [7, 11) is 0. The first-order valence-electron chi connectivity index (χ1n) is 9.31. The standard InChI is InChI=1S/C21H28N4O5/c1-15(2)29-20(27)17(11-22)7-5-9-24-13-19(26)14-25-10-6-8-18(12-23)21(28)30-16(3)4/h5-10,15-16,19,24-26H,13-14H2,1-4H3/b9-5+,10-6+,17-7+,18-8+. The molecule has 0 aromatic carbocycles. The summed E-state index contributed by atoms with van der Waals surface area (Å²) in [6, 6.07) is 3.52. The second kappa shape index (κ2) is 15.4. The lowest BCUT2D eigenvalue weighted by molar-refractivity contribution is -0.143. The fourth-order valence-electron chi connectivity index (χ4n) is 1.76. The third-order valence-electron chi connectivity index (χ3n) is 3.03. The number of carbonyl (C=O) groups is 2. The van der Waals surface area contributed by atoms with Crippen LogP contribution in [0.15, 0.2) is 47.9 Å². The molecule has 3 N–H and O–H groups in total. The van der Waals surface area contributed by atoms with Crippen molar-refractivity contribution >= 4 is 11.9 Å². The number of nitriles is 2. The minimum Gasteiger partial charge on any atom is -0.459 e. The molecule has 0 heterocycles. The molecule has 162 valence electrons. The SMILES string of the molecule is CC(C)OC(=O)/C(C#N)=C/C=C/NCC(O)CN/C=C/C=C(\C#N)C(=O)OC(C)C. The summed E-state index contributed by atoms with van der Waals surface area (Å²) in [5.74, 6) is -1.39. The van der Waals surface area contributed by atoms with E-state index >= 15 is 0 Å². The zero-order chi connectivity index (χ0) is 22.9. The van der Waals surface area contributed by atoms with Gasteiger partial charge >= 0.3 is 11.9 Å². The molecule has 0 aromatic heterocycles. The number of nitrogens with one attached hydrogen (secondary N) is 2. The minimum absolute atomic E-state index is 0.129. The van der Waals surface area contributed by atoms with Gasteiger partial charge in [0.15, 0.2) is 0 Å². The third-order valence-corrected chi connectivity index (χ3v) is 3.03. The maximum Gasteiger partial charge on any atom is 0.349 e. The Hall–Kier alpha value is -3.56. The lowest BCUT2D eigenvalue weighted by Gasteiger charge is -2.10. The Kier molecular flexibility index (Phi) is 13.5. The first-order valence-corrected chi connectivity index (χ1v) is 9.31. The van der Waals surface area contributed by atoms with Gasteiger partial charge in [0.1, 0.15) is 23.3 Å². The van der Waals surface area contributed by atoms with E-state index in [9.17, 15) is 14.7 Å². The molecular formula is C21H28N4O5. The fourth-order valence-corrected chi connectivity index (χ4v) is 1.76. The summed E-state index contributed by atoms with van der Waals surface area (Å²) < 4.78 is 9.86. The van der Waals surface area contributed by atoms with Crippen LogP contribution in [0.3, 0.4) is 0 Å². The van der Waals surface area contributed by atoms with Gasteiger partial charge in [-0.25, -0.2) is 9.59 Å². The van der Waals surface area contributed by atoms with Gasteiger partial charge < -0.3 is 25.2 Å². The number of allylic oxidation sites excluding steroid dienone is 4. The molecule has 0 aromatic rings. The van der Waals surface area contributed by atoms with Crippen LogP contribution in [0.25, 0.3) is 0 Å². The van der Waals surface area contributed by atoms with Crippen molar-refractivity contribution in [3.05, 3.63) is 47.9 Å². The van der Waals surface area contributed by atoms with E-state index < -0.39 is 18.0 Å². The van der Waals surface area contributed by atoms with Crippen LogP contribution in [0.4, 0.5) is 0 Å². The molecule has 9 heteroatoms. The van der Waals surface area contributed by atoms with E-state index in [0.717, 1.165) is 0 Å². The molecule has 0 radical (unpaired) electrons. The number of aliphatic hydroxyl groups excluding tert-OH is 1. The number of nitrogens with zero attached hydrogens (tertiary/aromatic N) is 2. The average Bonchev–Trinajstić information content (AvgIpc) is 2.66. The first kappa shape index (κ1) is 26.4. The predicted octanol–water partition coefficient (Wildman–Crippen LogP) is 1.36. The highest BCUT2D eigenvalue weighted by molar-refractivity contribution is 5.93. The van der Waals surface area contributed by atoms with Gasteiger partial charge in [-0.1, -0.05) is 0 Å². The molecule has 0 aliphatic heterocycles. The molecule has 0 rings (SSSR count). The van der Waals surface area contributed by atoms with Crippen molar-refractivity contribution in [1.29, 1.82) is 10.5 Å². The molecule has 0 fully saturated rings. The normalized spacial score (nSPS) is 13.2. The molecule has 0 atom stereocenters. The molecule has 0 amide bonds. The summed E-state index contributed by atoms with van der Waals surface area (Å²) in [6.45, 7) is 7.18. The van der Waals surface area contributed by atoms with Crippen molar-refractivity contribution in [2.24, 2.45) is 0 Å². The van der Waals surface area contributed by atoms with Crippen molar-refractivity contribution in [3.63, 3.8) is 0 Å². The average molecular weight is 416 g/mol. The topological polar surface area (TPSA) is 144 Å². The van der Waals surface area contributed by atoms with Gasteiger partial charge in [0, 0.05) is 13.1 Å². The molecule has 0 bridgehead atoms. The Morgan fingerprint density at radius 2 is 1.23 bits per heavy atom. The van der Waals surface area contributed by atoms with E-state index in [1.54, 1.807) is 39.8 Å². The lowest BCUT2D eigenvalue weighted by atomic mass is 10.2. The van der Waals surface area contributed by atoms with Crippen LogP contribution in [0.1, 0.15) is 27.7 Å². The second-order valence-electron chi connectivity index (χ2n) is 6.48. The largest absolute Gasteiger partial charge is 0.459 e. The van der Waals surface area contributed by atoms with Crippen LogP contribution in [0.5, 0.6) is 0 Å². The molecule has 9 nitrogen and oxygen atoms in total. The molecule has 0 saturated heterocycles. The van der Waals surface area contributed by atoms with Gasteiger partial charge in [0.25, 0.3) is 0 Å². The Labute approximate surface area is 177 Å². The third kappa shape index (κ3) is 12.8. The lowest BCUT2D eigenvalue weighted by Crippen LogP contribution is -2.31. The number of ether oxygens (including phenoxy) is 2. The summed E-state index contributed by atoms with van der Waals surface area (Å²) in [5.41, 5.74) is -0.257. The molecular weight excluding hydrogens is 388 g/mol. The molecule has 0 unspecified atom stereocenters. The monoisotopic (exact) mass is 416 g/mol. The Balaban J connectivity index is 4.34. The van der Waals surface area contributed by atoms with Gasteiger partial charge in [-0.2, -0.15) is 10.5 Å². The van der Waals surface area contributed by atoms with Crippen LogP contribution in [0, 0.1) is 22.7 Å². The predicted molar refractivity (Wildman–Crippen MR) is 110 cm³/mol. The molecule has 0 spiro atoms. The number of carbonyl (C=O) groups excluding carboxylic acids is 2. The van der Waals surface area contributed by atoms with Gasteiger partial charge in [-0.3, -0.25) is 0 Å². The smallest absolute Gasteiger partial charge is 0.349 e. The summed E-state index contributed by atoms with van der Waals surface area (Å²) in [6.07, 6.45) is 7.16. The van der Waals surface area contributed by atoms with Gasteiger partial charge in [0.2, 0.25) is 0 Å². The number of hydrogen-bond donors (Lipinski definition) is 3. The number of aliphatic hydroxyl groups is 1. The summed E-state index contributed by atoms with van der Waals surface area (Å²) >= 11 is 0. The first-order chi connectivity index (χ1) is 14.2. The van der Waals surface area contributed by atoms with Crippen LogP contribution >= 0.6 is 0 Å². The van der Waals surface area contributed by atoms with Gasteiger partial charge in [0.05, 0.1) is 18.3 Å². The number of rotatable bonds is 12. The number of esters is 2. The Morgan fingerprint density at radius 3 is 1.53 bits per heavy atom. The Morgan fingerprint density at radius 1 is 0.867 bits per heavy atom. The summed E-state index contributed by atoms with van der Waals surface area (Å²) in [4.78, 5) is 23.2. The van der Waals surface area contributed by atoms with E-state index in [1.807, 2.05) is 0 Å². The van der Waals surface area contributed by atoms with E-state index in [1.165, 1.54) is 36.7 Å². The zero-order valence-corrected chi connectivity index (χ0v) is 17.6. The van der Waals surface area contributed by atoms with E-state index in [2.05, 4.69) is 10.6 Å². The quantitative estimate of drug-likeness (QED) is 0.186. The minimum atomic E-state index is -0.741. The maximum atomic E-state index is 11.6. The maximum absolute atomic E-state index is 11.6. The van der Waals surface area contributed by atoms with Gasteiger partial charge in [-0.15, -0.1) is 0 Å². The zero-order valence-electron chi connectivity index (χ0n) is 17.6. The van der Waals surface area contributed by atoms with Crippen LogP contribution in [-0.4, -0.2) is 48.4 Å². The molecule has 0 aliphatic carbocycles. The van der Waals surface area contributed by atoms with Crippen molar-refractivity contribution < 1.29 is 24.2 Å². The highest BCUT2D eigenvalue weighted by atomic mass is 16.5. The van der Waals surface area contributed by atoms with E-state index in [0.29, 0.717) is 0 Å². The highest BCUT2D eigenvalue weighted by Gasteiger charge is 2.11. The van der Waals surface area contributed by atoms with Crippen molar-refractivity contribution in [2.45, 2.75) is 46.0 Å². The van der Waals surface area contributed by atoms with Crippen LogP contribution in [0.2, 0.25) is 0 Å². The van der Waals surface area contributed by atoms with Crippen molar-refractivity contribution in [3.8, 4) is 12.1 Å². The van der Waals surface area contributed by atoms with E-state index in [-0.39, 0.29) is 36.4 Å². The van der Waals surface area contributed by atoms with Gasteiger partial charge in [-0.05, 0) is 64.4 Å². The van der Waals surface area contributed by atoms with Crippen molar-refractivity contribution in [1.82, 2.24) is 10.6 Å². The fraction of sp³-hybridized carbons (Fsp3) is 0.429. The molecule has 0 saturated carbocycles. The van der Waals surface area contributed by atoms with Crippen molar-refractivity contribution in [2.75, 3.05) is 13.1 Å². The summed E-state index contributed by atoms with van der Waals surface area (Å²) in [5, 5.41) is 33.4. The van der Waals surface area contributed by atoms with Crippen LogP contribution in [-0.2, 0) is 19.1 Å². The number of hydrogen-bond acceptors (Lipinski definition) is 9. The Bertz CT molecular complexity index is 703. The molecule has 30 heavy (non-hydrogen) atoms. The second-order valence-corrected chi connectivity index (χ2v) is 6.48. The molecule has 0 aliphatic rings.